The predicted octanol–water partition coefficient (Wildman–Crippen LogP) is 31.1. The summed E-state index contributed by atoms with van der Waals surface area (Å²) in [5.41, 5.74) is 33.6. The number of rotatable bonds is 16. The Bertz CT molecular complexity index is 6700. The lowest BCUT2D eigenvalue weighted by Gasteiger charge is -2.29. The van der Waals surface area contributed by atoms with Crippen LogP contribution in [0.2, 0.25) is 0 Å². The van der Waals surface area contributed by atoms with Crippen LogP contribution in [-0.4, -0.2) is 0 Å². The van der Waals surface area contributed by atoms with Gasteiger partial charge in [0, 0.05) is 55.8 Å². The molecule has 0 saturated carbocycles. The van der Waals surface area contributed by atoms with E-state index in [1.165, 1.54) is 38.9 Å². The molecular formula is C110H72N2O2. The molecule has 4 heteroatoms. The van der Waals surface area contributed by atoms with Crippen molar-refractivity contribution < 1.29 is 9.47 Å². The largest absolute Gasteiger partial charge is 0.456 e. The van der Waals surface area contributed by atoms with E-state index < -0.39 is 0 Å². The molecule has 0 fully saturated rings. The number of hydrogen-bond acceptors (Lipinski definition) is 4. The summed E-state index contributed by atoms with van der Waals surface area (Å²) in [5, 5.41) is 4.45. The van der Waals surface area contributed by atoms with E-state index in [9.17, 15) is 0 Å². The van der Waals surface area contributed by atoms with Gasteiger partial charge in [-0.05, 0) is 231 Å². The average Bonchev–Trinajstić information content (AvgIpc) is 0.737. The van der Waals surface area contributed by atoms with Gasteiger partial charge in [0.15, 0.2) is 0 Å². The molecule has 0 bridgehead atoms. The summed E-state index contributed by atoms with van der Waals surface area (Å²) in [7, 11) is 0. The standard InChI is InChI=1S/C110H72N2O2/c1-4-19-73(20-5-1)76-37-43-79(44-38-76)82-49-58-89(59-50-82)111(103-34-13-10-27-95(103)93-66-69-107-109-98(93)30-17-32-100(109)96-28-11-14-35-105(96)113-107)90-64-55-85(56-65-90)86-25-16-26-87(71-86)88-57-68-104(102(72-88)94-67-70-108-110-99(94)31-18-33-101(110)97-29-12-15-36-106(97)114-108)112(91-60-51-83(52-61-91)80-45-39-77(40-46-80)74-21-6-2-7-22-74)92-62-53-84(54-63-92)81-47-41-78(42-48-81)75-23-8-3-9-24-75/h1-72H. The van der Waals surface area contributed by atoms with Crippen molar-refractivity contribution in [3.63, 3.8) is 0 Å². The number of nitrogens with zero attached hydrogens (tertiary/aromatic N) is 2. The van der Waals surface area contributed by atoms with Crippen LogP contribution in [0, 0.1) is 0 Å². The molecule has 0 atom stereocenters. The van der Waals surface area contributed by atoms with Gasteiger partial charge in [0.25, 0.3) is 0 Å². The molecule has 0 aromatic heterocycles. The first-order valence-corrected chi connectivity index (χ1v) is 39.0. The first-order valence-electron chi connectivity index (χ1n) is 39.0. The van der Waals surface area contributed by atoms with E-state index in [0.29, 0.717) is 0 Å². The highest BCUT2D eigenvalue weighted by molar-refractivity contribution is 6.13. The Labute approximate surface area is 663 Å². The fourth-order valence-electron chi connectivity index (χ4n) is 17.1. The molecule has 0 spiro atoms. The minimum absolute atomic E-state index is 0.845. The zero-order valence-electron chi connectivity index (χ0n) is 62.3. The minimum atomic E-state index is 0.845. The Hall–Kier alpha value is -15.1. The fraction of sp³-hybridized carbons (Fsp3) is 0. The summed E-state index contributed by atoms with van der Waals surface area (Å²) in [6, 6.07) is 159. The molecule has 0 amide bonds. The monoisotopic (exact) mass is 1450 g/mol. The second kappa shape index (κ2) is 28.7. The van der Waals surface area contributed by atoms with Crippen LogP contribution in [0.5, 0.6) is 23.0 Å². The van der Waals surface area contributed by atoms with Crippen LogP contribution in [-0.2, 0) is 0 Å². The maximum absolute atomic E-state index is 6.80. The van der Waals surface area contributed by atoms with E-state index in [1.807, 2.05) is 12.1 Å². The quantitative estimate of drug-likeness (QED) is 0.0963. The van der Waals surface area contributed by atoms with E-state index in [0.717, 1.165) is 173 Å². The molecule has 2 aliphatic heterocycles. The summed E-state index contributed by atoms with van der Waals surface area (Å²) in [4.78, 5) is 4.85. The second-order valence-electron chi connectivity index (χ2n) is 29.4. The predicted molar refractivity (Wildman–Crippen MR) is 476 cm³/mol. The molecule has 0 aliphatic carbocycles. The summed E-state index contributed by atoms with van der Waals surface area (Å²) < 4.78 is 13.4. The zero-order chi connectivity index (χ0) is 75.4. The number of benzene rings is 19. The van der Waals surface area contributed by atoms with Crippen LogP contribution in [0.15, 0.2) is 437 Å². The van der Waals surface area contributed by atoms with Gasteiger partial charge in [0.1, 0.15) is 23.0 Å². The fourth-order valence-corrected chi connectivity index (χ4v) is 17.1. The normalized spacial score (nSPS) is 11.6. The van der Waals surface area contributed by atoms with Crippen molar-refractivity contribution in [2.45, 2.75) is 0 Å². The molecule has 0 saturated heterocycles. The highest BCUT2D eigenvalue weighted by Crippen LogP contribution is 2.54. The highest BCUT2D eigenvalue weighted by Gasteiger charge is 2.28. The van der Waals surface area contributed by atoms with E-state index in [-0.39, 0.29) is 0 Å². The third-order valence-corrected chi connectivity index (χ3v) is 22.8. The molecule has 0 unspecified atom stereocenters. The van der Waals surface area contributed by atoms with Gasteiger partial charge in [-0.1, -0.05) is 328 Å². The number of hydrogen-bond donors (Lipinski definition) is 0. The summed E-state index contributed by atoms with van der Waals surface area (Å²) in [6.45, 7) is 0. The van der Waals surface area contributed by atoms with Crippen molar-refractivity contribution in [3.05, 3.63) is 437 Å². The Morgan fingerprint density at radius 2 is 0.404 bits per heavy atom. The van der Waals surface area contributed by atoms with Gasteiger partial charge < -0.3 is 19.3 Å². The van der Waals surface area contributed by atoms with E-state index >= 15 is 0 Å². The Morgan fingerprint density at radius 1 is 0.140 bits per heavy atom. The first-order chi connectivity index (χ1) is 56.5. The van der Waals surface area contributed by atoms with E-state index in [4.69, 9.17) is 9.47 Å². The molecule has 21 rings (SSSR count). The third kappa shape index (κ3) is 12.3. The maximum atomic E-state index is 6.80. The molecule has 2 heterocycles. The number of para-hydroxylation sites is 3. The van der Waals surface area contributed by atoms with Gasteiger partial charge in [-0.3, -0.25) is 0 Å². The van der Waals surface area contributed by atoms with Crippen LogP contribution in [0.4, 0.5) is 34.1 Å². The van der Waals surface area contributed by atoms with Gasteiger partial charge in [-0.2, -0.15) is 0 Å². The maximum Gasteiger partial charge on any atom is 0.135 e. The van der Waals surface area contributed by atoms with Crippen LogP contribution in [0.25, 0.3) is 155 Å². The number of ether oxygens (including phenoxy) is 2. The lowest BCUT2D eigenvalue weighted by atomic mass is 9.88. The van der Waals surface area contributed by atoms with Crippen molar-refractivity contribution in [1.82, 2.24) is 0 Å². The molecule has 4 nitrogen and oxygen atoms in total. The SMILES string of the molecule is c1ccc(-c2ccc(-c3ccc(N(c4ccc(-c5cccc(-c6ccc(N(c7ccc(-c8ccc(-c9ccccc9)cc8)cc7)c7ccc(-c8ccc(-c9ccccc9)cc8)cc7)c(-c7ccc8c9c(cccc79)-c7ccccc7O8)c6)c5)cc4)c4ccccc4-c4ccc5c6c(cccc46)-c4ccccc4O5)cc3)cc2)cc1. The van der Waals surface area contributed by atoms with Crippen molar-refractivity contribution in [2.75, 3.05) is 9.80 Å². The topological polar surface area (TPSA) is 24.9 Å². The van der Waals surface area contributed by atoms with Gasteiger partial charge in [-0.25, -0.2) is 0 Å². The average molecular weight is 1450 g/mol. The smallest absolute Gasteiger partial charge is 0.135 e. The zero-order valence-corrected chi connectivity index (χ0v) is 62.3. The van der Waals surface area contributed by atoms with Crippen LogP contribution in [0.1, 0.15) is 0 Å². The molecule has 19 aromatic carbocycles. The molecule has 114 heavy (non-hydrogen) atoms. The van der Waals surface area contributed by atoms with Crippen LogP contribution < -0.4 is 19.3 Å². The van der Waals surface area contributed by atoms with Gasteiger partial charge in [-0.15, -0.1) is 0 Å². The third-order valence-electron chi connectivity index (χ3n) is 22.8. The minimum Gasteiger partial charge on any atom is -0.456 e. The molecule has 534 valence electrons. The highest BCUT2D eigenvalue weighted by atomic mass is 16.5. The Balaban J connectivity index is 0.677. The molecular weight excluding hydrogens is 1380 g/mol. The summed E-state index contributed by atoms with van der Waals surface area (Å²) in [6.07, 6.45) is 0. The molecule has 0 N–H and O–H groups in total. The lowest BCUT2D eigenvalue weighted by Crippen LogP contribution is -2.11. The first kappa shape index (κ1) is 67.0. The van der Waals surface area contributed by atoms with Gasteiger partial charge in [0.2, 0.25) is 0 Å². The summed E-state index contributed by atoms with van der Waals surface area (Å²) in [5.74, 6) is 3.44. The molecule has 19 aromatic rings. The van der Waals surface area contributed by atoms with E-state index in [1.54, 1.807) is 0 Å². The number of anilines is 6. The van der Waals surface area contributed by atoms with Gasteiger partial charge >= 0.3 is 0 Å². The summed E-state index contributed by atoms with van der Waals surface area (Å²) >= 11 is 0. The van der Waals surface area contributed by atoms with Gasteiger partial charge in [0.05, 0.1) is 11.4 Å². The van der Waals surface area contributed by atoms with Crippen molar-refractivity contribution >= 4 is 55.7 Å². The van der Waals surface area contributed by atoms with Crippen molar-refractivity contribution in [1.29, 1.82) is 0 Å². The van der Waals surface area contributed by atoms with Crippen LogP contribution >= 0.6 is 0 Å². The van der Waals surface area contributed by atoms with Crippen LogP contribution in [0.3, 0.4) is 0 Å². The van der Waals surface area contributed by atoms with E-state index in [2.05, 4.69) is 434 Å². The second-order valence-corrected chi connectivity index (χ2v) is 29.4. The Morgan fingerprint density at radius 3 is 0.798 bits per heavy atom. The van der Waals surface area contributed by atoms with Crippen molar-refractivity contribution in [2.24, 2.45) is 0 Å². The molecule has 0 radical (unpaired) electrons. The number of fused-ring (bicyclic) bond motifs is 4. The Kier molecular flexibility index (Phi) is 16.9. The van der Waals surface area contributed by atoms with Crippen molar-refractivity contribution in [3.8, 4) is 157 Å². The molecule has 2 aliphatic rings. The lowest BCUT2D eigenvalue weighted by molar-refractivity contribution is 0.487.